The van der Waals surface area contributed by atoms with Gasteiger partial charge in [-0.05, 0) is 60.4 Å². The van der Waals surface area contributed by atoms with Crippen molar-refractivity contribution in [3.63, 3.8) is 0 Å². The minimum atomic E-state index is -0.753. The first kappa shape index (κ1) is 27.2. The molecule has 1 atom stereocenters. The van der Waals surface area contributed by atoms with Crippen molar-refractivity contribution in [2.45, 2.75) is 57.2 Å². The van der Waals surface area contributed by atoms with E-state index < -0.39 is 6.04 Å². The molecule has 0 aromatic heterocycles. The van der Waals surface area contributed by atoms with Crippen molar-refractivity contribution in [1.29, 1.82) is 0 Å². The standard InChI is InChI=1S/C31H35FN2O4/c1-37-27-16-18-28(19-17-27)38-22-30(35)34(21-24-12-14-25(32)15-13-24)29(20-23-8-4-2-5-9-23)31(36)33-26-10-6-3-7-11-26/h2,4-5,8-9,12-19,26,29H,3,6-7,10-11,20-22H2,1H3,(H,33,36). The van der Waals surface area contributed by atoms with Gasteiger partial charge in [0.1, 0.15) is 23.4 Å². The number of methoxy groups -OCH3 is 1. The van der Waals surface area contributed by atoms with Crippen LogP contribution in [-0.2, 0) is 22.6 Å². The predicted octanol–water partition coefficient (Wildman–Crippen LogP) is 5.30. The summed E-state index contributed by atoms with van der Waals surface area (Å²) in [5, 5.41) is 3.21. The van der Waals surface area contributed by atoms with Crippen LogP contribution in [0.15, 0.2) is 78.9 Å². The van der Waals surface area contributed by atoms with E-state index in [1.807, 2.05) is 30.3 Å². The molecule has 1 unspecified atom stereocenters. The van der Waals surface area contributed by atoms with E-state index >= 15 is 0 Å². The summed E-state index contributed by atoms with van der Waals surface area (Å²) in [7, 11) is 1.58. The zero-order valence-corrected chi connectivity index (χ0v) is 21.8. The van der Waals surface area contributed by atoms with E-state index in [1.165, 1.54) is 18.6 Å². The van der Waals surface area contributed by atoms with E-state index in [4.69, 9.17) is 9.47 Å². The Morgan fingerprint density at radius 3 is 2.21 bits per heavy atom. The monoisotopic (exact) mass is 518 g/mol. The summed E-state index contributed by atoms with van der Waals surface area (Å²) in [6.45, 7) is -0.0871. The number of nitrogens with zero attached hydrogens (tertiary/aromatic N) is 1. The maximum absolute atomic E-state index is 13.7. The van der Waals surface area contributed by atoms with E-state index in [1.54, 1.807) is 48.4 Å². The number of carbonyl (C=O) groups is 2. The number of amides is 2. The fraction of sp³-hybridized carbons (Fsp3) is 0.355. The van der Waals surface area contributed by atoms with Crippen molar-refractivity contribution >= 4 is 11.8 Å². The molecule has 0 aliphatic heterocycles. The van der Waals surface area contributed by atoms with E-state index in [2.05, 4.69) is 5.32 Å². The molecule has 0 heterocycles. The lowest BCUT2D eigenvalue weighted by Gasteiger charge is -2.33. The molecule has 3 aromatic rings. The van der Waals surface area contributed by atoms with Crippen LogP contribution in [0.5, 0.6) is 11.5 Å². The van der Waals surface area contributed by atoms with Crippen LogP contribution in [-0.4, -0.2) is 42.5 Å². The third kappa shape index (κ3) is 7.81. The fourth-order valence-corrected chi connectivity index (χ4v) is 4.78. The third-order valence-electron chi connectivity index (χ3n) is 6.91. The smallest absolute Gasteiger partial charge is 0.261 e. The number of hydrogen-bond acceptors (Lipinski definition) is 4. The Labute approximate surface area is 223 Å². The number of rotatable bonds is 11. The highest BCUT2D eigenvalue weighted by atomic mass is 19.1. The van der Waals surface area contributed by atoms with Crippen molar-refractivity contribution in [2.75, 3.05) is 13.7 Å². The minimum absolute atomic E-state index is 0.104. The van der Waals surface area contributed by atoms with Crippen molar-refractivity contribution < 1.29 is 23.5 Å². The van der Waals surface area contributed by atoms with Gasteiger partial charge in [0.25, 0.3) is 5.91 Å². The number of ether oxygens (including phenoxy) is 2. The van der Waals surface area contributed by atoms with Gasteiger partial charge in [-0.1, -0.05) is 61.7 Å². The lowest BCUT2D eigenvalue weighted by Crippen LogP contribution is -2.53. The minimum Gasteiger partial charge on any atom is -0.497 e. The van der Waals surface area contributed by atoms with Crippen molar-refractivity contribution in [2.24, 2.45) is 0 Å². The Morgan fingerprint density at radius 2 is 1.55 bits per heavy atom. The Bertz CT molecular complexity index is 1160. The van der Waals surface area contributed by atoms with Crippen LogP contribution in [0, 0.1) is 5.82 Å². The largest absolute Gasteiger partial charge is 0.497 e. The number of benzene rings is 3. The van der Waals surface area contributed by atoms with Crippen LogP contribution in [0.25, 0.3) is 0 Å². The summed E-state index contributed by atoms with van der Waals surface area (Å²) in [6.07, 6.45) is 5.59. The summed E-state index contributed by atoms with van der Waals surface area (Å²) in [5.41, 5.74) is 1.68. The van der Waals surface area contributed by atoms with Crippen molar-refractivity contribution in [1.82, 2.24) is 10.2 Å². The number of nitrogens with one attached hydrogen (secondary N) is 1. The Hall–Kier alpha value is -3.87. The molecule has 0 spiro atoms. The molecule has 1 aliphatic carbocycles. The second kappa shape index (κ2) is 13.6. The molecule has 0 bridgehead atoms. The van der Waals surface area contributed by atoms with Gasteiger partial charge in [0, 0.05) is 19.0 Å². The fourth-order valence-electron chi connectivity index (χ4n) is 4.78. The first-order chi connectivity index (χ1) is 18.5. The van der Waals surface area contributed by atoms with E-state index in [-0.39, 0.29) is 36.8 Å². The topological polar surface area (TPSA) is 67.9 Å². The van der Waals surface area contributed by atoms with Crippen LogP contribution in [0.1, 0.15) is 43.2 Å². The Kier molecular flexibility index (Phi) is 9.73. The quantitative estimate of drug-likeness (QED) is 0.374. The molecule has 4 rings (SSSR count). The first-order valence-electron chi connectivity index (χ1n) is 13.2. The highest BCUT2D eigenvalue weighted by molar-refractivity contribution is 5.88. The number of halogens is 1. The van der Waals surface area contributed by atoms with Gasteiger partial charge in [0.05, 0.1) is 7.11 Å². The highest BCUT2D eigenvalue weighted by Crippen LogP contribution is 2.21. The normalized spacial score (nSPS) is 14.4. The molecule has 1 fully saturated rings. The van der Waals surface area contributed by atoms with Crippen LogP contribution in [0.2, 0.25) is 0 Å². The number of hydrogen-bond donors (Lipinski definition) is 1. The highest BCUT2D eigenvalue weighted by Gasteiger charge is 2.32. The van der Waals surface area contributed by atoms with Crippen LogP contribution < -0.4 is 14.8 Å². The third-order valence-corrected chi connectivity index (χ3v) is 6.91. The average Bonchev–Trinajstić information content (AvgIpc) is 2.96. The van der Waals surface area contributed by atoms with Gasteiger partial charge in [0.15, 0.2) is 6.61 Å². The van der Waals surface area contributed by atoms with Crippen LogP contribution in [0.4, 0.5) is 4.39 Å². The van der Waals surface area contributed by atoms with E-state index in [0.717, 1.165) is 36.8 Å². The zero-order chi connectivity index (χ0) is 26.7. The second-order valence-corrected chi connectivity index (χ2v) is 9.66. The van der Waals surface area contributed by atoms with Gasteiger partial charge < -0.3 is 19.7 Å². The van der Waals surface area contributed by atoms with Crippen LogP contribution >= 0.6 is 0 Å². The summed E-state index contributed by atoms with van der Waals surface area (Å²) >= 11 is 0. The van der Waals surface area contributed by atoms with Gasteiger partial charge in [-0.25, -0.2) is 4.39 Å². The molecule has 2 amide bonds. The lowest BCUT2D eigenvalue weighted by molar-refractivity contribution is -0.143. The maximum atomic E-state index is 13.7. The van der Waals surface area contributed by atoms with Gasteiger partial charge in [-0.2, -0.15) is 0 Å². The summed E-state index contributed by atoms with van der Waals surface area (Å²) in [6, 6.07) is 22.0. The lowest BCUT2D eigenvalue weighted by atomic mass is 9.94. The van der Waals surface area contributed by atoms with Gasteiger partial charge in [0.2, 0.25) is 5.91 Å². The Balaban J connectivity index is 1.58. The molecule has 0 radical (unpaired) electrons. The first-order valence-corrected chi connectivity index (χ1v) is 13.2. The van der Waals surface area contributed by atoms with Crippen molar-refractivity contribution in [3.8, 4) is 11.5 Å². The molecule has 0 saturated heterocycles. The molecule has 1 N–H and O–H groups in total. The second-order valence-electron chi connectivity index (χ2n) is 9.66. The summed E-state index contributed by atoms with van der Waals surface area (Å²) < 4.78 is 24.6. The molecule has 3 aromatic carbocycles. The molecule has 1 saturated carbocycles. The molecule has 1 aliphatic rings. The van der Waals surface area contributed by atoms with Crippen LogP contribution in [0.3, 0.4) is 0 Å². The van der Waals surface area contributed by atoms with E-state index in [0.29, 0.717) is 17.9 Å². The maximum Gasteiger partial charge on any atom is 0.261 e. The molecule has 6 nitrogen and oxygen atoms in total. The SMILES string of the molecule is COc1ccc(OCC(=O)N(Cc2ccc(F)cc2)C(Cc2ccccc2)C(=O)NC2CCCCC2)cc1. The van der Waals surface area contributed by atoms with E-state index in [9.17, 15) is 14.0 Å². The molecule has 7 heteroatoms. The van der Waals surface area contributed by atoms with Gasteiger partial charge >= 0.3 is 0 Å². The van der Waals surface area contributed by atoms with Gasteiger partial charge in [-0.3, -0.25) is 9.59 Å². The summed E-state index contributed by atoms with van der Waals surface area (Å²) in [4.78, 5) is 29.0. The predicted molar refractivity (Wildman–Crippen MR) is 144 cm³/mol. The summed E-state index contributed by atoms with van der Waals surface area (Å²) in [5.74, 6) is 0.340. The molecule has 38 heavy (non-hydrogen) atoms. The number of carbonyl (C=O) groups excluding carboxylic acids is 2. The average molecular weight is 519 g/mol. The van der Waals surface area contributed by atoms with Gasteiger partial charge in [-0.15, -0.1) is 0 Å². The van der Waals surface area contributed by atoms with Crippen molar-refractivity contribution in [3.05, 3.63) is 95.8 Å². The molecular weight excluding hydrogens is 483 g/mol. The Morgan fingerprint density at radius 1 is 0.895 bits per heavy atom. The molecule has 200 valence electrons. The molecular formula is C31H35FN2O4. The zero-order valence-electron chi connectivity index (χ0n) is 21.8.